The molecule has 1 saturated heterocycles. The highest BCUT2D eigenvalue weighted by Crippen LogP contribution is 2.30. The number of aromatic nitrogens is 4. The van der Waals surface area contributed by atoms with E-state index in [1.807, 2.05) is 0 Å². The molecule has 3 heterocycles. The Bertz CT molecular complexity index is 760. The highest BCUT2D eigenvalue weighted by atomic mass is 16.5. The van der Waals surface area contributed by atoms with E-state index in [9.17, 15) is 14.7 Å². The second-order valence-electron chi connectivity index (χ2n) is 4.76. The van der Waals surface area contributed by atoms with Crippen LogP contribution in [0.4, 0.5) is 0 Å². The van der Waals surface area contributed by atoms with Crippen molar-refractivity contribution >= 4 is 11.2 Å². The lowest BCUT2D eigenvalue weighted by Crippen LogP contribution is -2.29. The van der Waals surface area contributed by atoms with Crippen LogP contribution in [0.5, 0.6) is 0 Å². The second kappa shape index (κ2) is 4.54. The van der Waals surface area contributed by atoms with Gasteiger partial charge in [0.1, 0.15) is 12.3 Å². The van der Waals surface area contributed by atoms with Crippen LogP contribution in [0.3, 0.4) is 0 Å². The summed E-state index contributed by atoms with van der Waals surface area (Å²) in [5.41, 5.74) is -0.687. The first-order valence-electron chi connectivity index (χ1n) is 6.13. The number of hydrogen-bond donors (Lipinski definition) is 3. The molecule has 0 aliphatic carbocycles. The van der Waals surface area contributed by atoms with Crippen molar-refractivity contribution in [1.82, 2.24) is 19.1 Å². The average molecular weight is 282 g/mol. The predicted octanol–water partition coefficient (Wildman–Crippen LogP) is -1.94. The normalized spacial score (nSPS) is 26.4. The van der Waals surface area contributed by atoms with E-state index in [4.69, 9.17) is 9.84 Å². The molecule has 9 heteroatoms. The first kappa shape index (κ1) is 13.0. The maximum absolute atomic E-state index is 11.7. The van der Waals surface area contributed by atoms with Crippen molar-refractivity contribution in [3.05, 3.63) is 27.2 Å². The second-order valence-corrected chi connectivity index (χ2v) is 4.76. The minimum absolute atomic E-state index is 0.123. The first-order chi connectivity index (χ1) is 9.52. The number of rotatable bonds is 2. The van der Waals surface area contributed by atoms with Gasteiger partial charge in [-0.1, -0.05) is 0 Å². The summed E-state index contributed by atoms with van der Waals surface area (Å²) in [7, 11) is 1.51. The summed E-state index contributed by atoms with van der Waals surface area (Å²) in [5.74, 6) is 0. The van der Waals surface area contributed by atoms with Gasteiger partial charge in [-0.3, -0.25) is 18.9 Å². The van der Waals surface area contributed by atoms with Crippen LogP contribution < -0.4 is 11.2 Å². The fourth-order valence-corrected chi connectivity index (χ4v) is 2.44. The Kier molecular flexibility index (Phi) is 2.96. The Morgan fingerprint density at radius 1 is 1.55 bits per heavy atom. The highest BCUT2D eigenvalue weighted by Gasteiger charge is 2.35. The number of H-pyrrole nitrogens is 1. The predicted molar refractivity (Wildman–Crippen MR) is 67.2 cm³/mol. The largest absolute Gasteiger partial charge is 0.394 e. The van der Waals surface area contributed by atoms with Gasteiger partial charge in [0.15, 0.2) is 11.2 Å². The van der Waals surface area contributed by atoms with Gasteiger partial charge >= 0.3 is 5.69 Å². The van der Waals surface area contributed by atoms with Gasteiger partial charge < -0.3 is 14.9 Å². The zero-order valence-corrected chi connectivity index (χ0v) is 10.7. The topological polar surface area (TPSA) is 122 Å². The van der Waals surface area contributed by atoms with E-state index in [2.05, 4.69) is 9.97 Å². The fraction of sp³-hybridized carbons (Fsp3) is 0.545. The lowest BCUT2D eigenvalue weighted by Gasteiger charge is -2.14. The maximum Gasteiger partial charge on any atom is 0.329 e. The summed E-state index contributed by atoms with van der Waals surface area (Å²) in [6, 6.07) is 0. The average Bonchev–Trinajstić information content (AvgIpc) is 2.99. The zero-order chi connectivity index (χ0) is 14.4. The number of aromatic amines is 1. The molecule has 3 rings (SSSR count). The first-order valence-corrected chi connectivity index (χ1v) is 6.13. The van der Waals surface area contributed by atoms with Crippen molar-refractivity contribution in [3.63, 3.8) is 0 Å². The molecule has 0 radical (unpaired) electrons. The van der Waals surface area contributed by atoms with E-state index in [0.717, 1.165) is 0 Å². The van der Waals surface area contributed by atoms with Crippen LogP contribution in [0.15, 0.2) is 15.9 Å². The Hall–Kier alpha value is -1.97. The minimum Gasteiger partial charge on any atom is -0.394 e. The Morgan fingerprint density at radius 2 is 2.30 bits per heavy atom. The molecular formula is C11H14N4O5. The SMILES string of the molecule is Cn1c(=O)[nH]c(=O)c2ncn([C@H]3C[C@H](O)[C@@H](CO)O3)c21. The van der Waals surface area contributed by atoms with E-state index in [-0.39, 0.29) is 18.5 Å². The van der Waals surface area contributed by atoms with Crippen LogP contribution in [0.25, 0.3) is 11.2 Å². The molecular weight excluding hydrogens is 268 g/mol. The number of fused-ring (bicyclic) bond motifs is 1. The summed E-state index contributed by atoms with van der Waals surface area (Å²) in [6.45, 7) is -0.302. The summed E-state index contributed by atoms with van der Waals surface area (Å²) in [5, 5.41) is 18.8. The molecule has 2 aromatic rings. The van der Waals surface area contributed by atoms with Gasteiger partial charge in [-0.2, -0.15) is 0 Å². The van der Waals surface area contributed by atoms with Crippen molar-refractivity contribution in [2.75, 3.05) is 6.61 Å². The van der Waals surface area contributed by atoms with Gasteiger partial charge in [0.05, 0.1) is 19.0 Å². The molecule has 0 bridgehead atoms. The molecule has 20 heavy (non-hydrogen) atoms. The molecule has 0 unspecified atom stereocenters. The van der Waals surface area contributed by atoms with Crippen LogP contribution in [-0.2, 0) is 11.8 Å². The molecule has 3 atom stereocenters. The Labute approximate surface area is 112 Å². The van der Waals surface area contributed by atoms with Crippen LogP contribution in [0, 0.1) is 0 Å². The van der Waals surface area contributed by atoms with E-state index in [0.29, 0.717) is 5.65 Å². The fourth-order valence-electron chi connectivity index (χ4n) is 2.44. The van der Waals surface area contributed by atoms with Crippen LogP contribution in [-0.4, -0.2) is 48.1 Å². The van der Waals surface area contributed by atoms with Crippen LogP contribution in [0.1, 0.15) is 12.6 Å². The smallest absolute Gasteiger partial charge is 0.329 e. The number of aliphatic hydroxyl groups excluding tert-OH is 2. The van der Waals surface area contributed by atoms with E-state index in [1.165, 1.54) is 22.5 Å². The van der Waals surface area contributed by atoms with Crippen LogP contribution >= 0.6 is 0 Å². The third kappa shape index (κ3) is 1.79. The van der Waals surface area contributed by atoms with Gasteiger partial charge in [0.2, 0.25) is 0 Å². The molecule has 108 valence electrons. The van der Waals surface area contributed by atoms with Gasteiger partial charge in [-0.05, 0) is 0 Å². The number of hydrogen-bond acceptors (Lipinski definition) is 6. The Balaban J connectivity index is 2.14. The minimum atomic E-state index is -0.804. The lowest BCUT2D eigenvalue weighted by molar-refractivity contribution is -0.0433. The summed E-state index contributed by atoms with van der Waals surface area (Å²) in [4.78, 5) is 29.5. The van der Waals surface area contributed by atoms with Crippen molar-refractivity contribution in [2.45, 2.75) is 24.9 Å². The molecule has 0 amide bonds. The third-order valence-corrected chi connectivity index (χ3v) is 3.52. The van der Waals surface area contributed by atoms with E-state index < -0.39 is 29.7 Å². The number of aliphatic hydroxyl groups is 2. The van der Waals surface area contributed by atoms with Crippen LogP contribution in [0.2, 0.25) is 0 Å². The molecule has 1 aliphatic heterocycles. The quantitative estimate of drug-likeness (QED) is 0.589. The molecule has 0 spiro atoms. The molecule has 1 fully saturated rings. The van der Waals surface area contributed by atoms with Crippen molar-refractivity contribution in [1.29, 1.82) is 0 Å². The Morgan fingerprint density at radius 3 is 2.95 bits per heavy atom. The molecule has 0 saturated carbocycles. The molecule has 1 aliphatic rings. The maximum atomic E-state index is 11.7. The third-order valence-electron chi connectivity index (χ3n) is 3.52. The van der Waals surface area contributed by atoms with Crippen molar-refractivity contribution in [2.24, 2.45) is 7.05 Å². The zero-order valence-electron chi connectivity index (χ0n) is 10.7. The standard InChI is InChI=1S/C11H14N4O5/c1-14-10-8(9(18)13-11(14)19)12-4-15(10)7-2-5(17)6(3-16)20-7/h4-7,16-17H,2-3H2,1H3,(H,13,18,19)/t5-,6+,7+/m0/s1. The number of nitrogens with one attached hydrogen (secondary N) is 1. The number of ether oxygens (including phenoxy) is 1. The lowest BCUT2D eigenvalue weighted by atomic mass is 10.2. The van der Waals surface area contributed by atoms with E-state index in [1.54, 1.807) is 0 Å². The molecule has 0 aromatic carbocycles. The summed E-state index contributed by atoms with van der Waals surface area (Å²) >= 11 is 0. The van der Waals surface area contributed by atoms with Gasteiger partial charge in [0, 0.05) is 13.5 Å². The van der Waals surface area contributed by atoms with Gasteiger partial charge in [0.25, 0.3) is 5.56 Å². The highest BCUT2D eigenvalue weighted by molar-refractivity contribution is 5.69. The number of nitrogens with zero attached hydrogens (tertiary/aromatic N) is 3. The molecule has 2 aromatic heterocycles. The summed E-state index contributed by atoms with van der Waals surface area (Å²) in [6.07, 6.45) is -0.439. The summed E-state index contributed by atoms with van der Waals surface area (Å²) < 4.78 is 8.28. The van der Waals surface area contributed by atoms with E-state index >= 15 is 0 Å². The van der Waals surface area contributed by atoms with Crippen molar-refractivity contribution in [3.8, 4) is 0 Å². The van der Waals surface area contributed by atoms with Crippen molar-refractivity contribution < 1.29 is 14.9 Å². The van der Waals surface area contributed by atoms with Gasteiger partial charge in [-0.25, -0.2) is 9.78 Å². The monoisotopic (exact) mass is 282 g/mol. The van der Waals surface area contributed by atoms with Gasteiger partial charge in [-0.15, -0.1) is 0 Å². The number of imidazole rings is 1. The number of aryl methyl sites for hydroxylation is 1. The molecule has 9 nitrogen and oxygen atoms in total. The molecule has 3 N–H and O–H groups in total.